The van der Waals surface area contributed by atoms with Crippen LogP contribution in [0.1, 0.15) is 11.4 Å². The largest absolute Gasteiger partial charge is 0.235 e. The lowest BCUT2D eigenvalue weighted by atomic mass is 10.6. The van der Waals surface area contributed by atoms with Gasteiger partial charge in [0.05, 0.1) is 0 Å². The molecule has 0 fully saturated rings. The summed E-state index contributed by atoms with van der Waals surface area (Å²) in [6, 6.07) is 1.90. The van der Waals surface area contributed by atoms with Gasteiger partial charge in [-0.3, -0.25) is 0 Å². The van der Waals surface area contributed by atoms with Gasteiger partial charge >= 0.3 is 0 Å². The molecule has 0 unspecified atom stereocenters. The highest BCUT2D eigenvalue weighted by molar-refractivity contribution is 8.01. The van der Waals surface area contributed by atoms with Crippen molar-refractivity contribution in [1.29, 1.82) is 0 Å². The van der Waals surface area contributed by atoms with Crippen LogP contribution in [0.5, 0.6) is 0 Å². The second-order valence-corrected chi connectivity index (χ2v) is 8.09. The fourth-order valence-electron chi connectivity index (χ4n) is 1.36. The minimum Gasteiger partial charge on any atom is -0.235 e. The summed E-state index contributed by atoms with van der Waals surface area (Å²) in [5.41, 5.74) is 2.07. The summed E-state index contributed by atoms with van der Waals surface area (Å²) in [7, 11) is 0. The predicted molar refractivity (Wildman–Crippen MR) is 84.0 cm³/mol. The quantitative estimate of drug-likeness (QED) is 0.522. The Kier molecular flexibility index (Phi) is 4.35. The SMILES string of the molecule is Cc1csc(Sc2ccnc(Sc3nc(C)cs3)n2)n1. The minimum absolute atomic E-state index is 0.720. The molecule has 20 heavy (non-hydrogen) atoms. The van der Waals surface area contributed by atoms with Crippen LogP contribution in [-0.4, -0.2) is 19.9 Å². The van der Waals surface area contributed by atoms with Crippen LogP contribution in [0.15, 0.2) is 41.9 Å². The van der Waals surface area contributed by atoms with E-state index in [0.29, 0.717) is 0 Å². The molecule has 0 aromatic carbocycles. The zero-order valence-electron chi connectivity index (χ0n) is 10.7. The van der Waals surface area contributed by atoms with E-state index in [9.17, 15) is 0 Å². The van der Waals surface area contributed by atoms with Crippen molar-refractivity contribution in [3.63, 3.8) is 0 Å². The van der Waals surface area contributed by atoms with Gasteiger partial charge in [-0.25, -0.2) is 19.9 Å². The van der Waals surface area contributed by atoms with Crippen molar-refractivity contribution in [2.24, 2.45) is 0 Å². The first-order valence-corrected chi connectivity index (χ1v) is 9.11. The molecule has 0 bridgehead atoms. The summed E-state index contributed by atoms with van der Waals surface area (Å²) in [6.45, 7) is 3.98. The molecular formula is C12H10N4S4. The Morgan fingerprint density at radius 1 is 0.900 bits per heavy atom. The molecule has 0 saturated carbocycles. The molecule has 0 amide bonds. The third-order valence-electron chi connectivity index (χ3n) is 2.17. The number of rotatable bonds is 4. The highest BCUT2D eigenvalue weighted by Crippen LogP contribution is 2.32. The molecule has 3 rings (SSSR count). The van der Waals surface area contributed by atoms with Gasteiger partial charge in [-0.15, -0.1) is 22.7 Å². The van der Waals surface area contributed by atoms with Gasteiger partial charge in [-0.1, -0.05) is 0 Å². The molecular weight excluding hydrogens is 328 g/mol. The van der Waals surface area contributed by atoms with Crippen LogP contribution >= 0.6 is 46.2 Å². The smallest absolute Gasteiger partial charge is 0.195 e. The maximum Gasteiger partial charge on any atom is 0.195 e. The average Bonchev–Trinajstić information content (AvgIpc) is 2.99. The average molecular weight is 339 g/mol. The highest BCUT2D eigenvalue weighted by atomic mass is 32.2. The van der Waals surface area contributed by atoms with E-state index in [4.69, 9.17) is 0 Å². The molecule has 0 spiro atoms. The molecule has 0 radical (unpaired) electrons. The standard InChI is InChI=1S/C12H10N4S4/c1-7-5-17-11(14-7)19-9-3-4-13-10(16-9)20-12-15-8(2)6-18-12/h3-6H,1-2H3. The van der Waals surface area contributed by atoms with Crippen LogP contribution in [-0.2, 0) is 0 Å². The summed E-state index contributed by atoms with van der Waals surface area (Å²) in [5, 5.41) is 5.69. The van der Waals surface area contributed by atoms with Gasteiger partial charge < -0.3 is 0 Å². The molecule has 0 atom stereocenters. The highest BCUT2D eigenvalue weighted by Gasteiger charge is 2.08. The fraction of sp³-hybridized carbons (Fsp3) is 0.167. The normalized spacial score (nSPS) is 10.9. The van der Waals surface area contributed by atoms with E-state index < -0.39 is 0 Å². The van der Waals surface area contributed by atoms with E-state index in [-0.39, 0.29) is 0 Å². The van der Waals surface area contributed by atoms with Gasteiger partial charge in [-0.05, 0) is 43.4 Å². The molecule has 0 aliphatic heterocycles. The molecule has 4 nitrogen and oxygen atoms in total. The lowest BCUT2D eigenvalue weighted by Crippen LogP contribution is -1.87. The van der Waals surface area contributed by atoms with Crippen molar-refractivity contribution in [2.45, 2.75) is 32.7 Å². The Hall–Kier alpha value is -0.960. The van der Waals surface area contributed by atoms with Crippen LogP contribution < -0.4 is 0 Å². The Bertz CT molecular complexity index is 664. The number of hydrogen-bond donors (Lipinski definition) is 0. The first-order valence-electron chi connectivity index (χ1n) is 5.72. The molecule has 8 heteroatoms. The Balaban J connectivity index is 1.75. The number of thiazole rings is 2. The van der Waals surface area contributed by atoms with E-state index in [1.54, 1.807) is 40.6 Å². The molecule has 3 aromatic rings. The molecule has 3 aromatic heterocycles. The van der Waals surface area contributed by atoms with Crippen molar-refractivity contribution >= 4 is 46.2 Å². The first kappa shape index (κ1) is 14.0. The second-order valence-electron chi connectivity index (χ2n) is 3.89. The Morgan fingerprint density at radius 3 is 2.15 bits per heavy atom. The van der Waals surface area contributed by atoms with Crippen LogP contribution in [0, 0.1) is 13.8 Å². The van der Waals surface area contributed by atoms with Gasteiger partial charge in [0, 0.05) is 28.3 Å². The van der Waals surface area contributed by atoms with Crippen molar-refractivity contribution in [3.8, 4) is 0 Å². The lowest BCUT2D eigenvalue weighted by Gasteiger charge is -1.99. The summed E-state index contributed by atoms with van der Waals surface area (Å²) in [6.07, 6.45) is 1.78. The summed E-state index contributed by atoms with van der Waals surface area (Å²) >= 11 is 6.30. The minimum atomic E-state index is 0.720. The van der Waals surface area contributed by atoms with E-state index >= 15 is 0 Å². The molecule has 3 heterocycles. The van der Waals surface area contributed by atoms with Gasteiger partial charge in [0.15, 0.2) is 13.8 Å². The van der Waals surface area contributed by atoms with E-state index in [2.05, 4.69) is 19.9 Å². The van der Waals surface area contributed by atoms with Crippen molar-refractivity contribution in [1.82, 2.24) is 19.9 Å². The van der Waals surface area contributed by atoms with Gasteiger partial charge in [0.1, 0.15) is 5.03 Å². The number of aromatic nitrogens is 4. The number of aryl methyl sites for hydroxylation is 2. The maximum atomic E-state index is 4.53. The molecule has 0 N–H and O–H groups in total. The molecule has 102 valence electrons. The van der Waals surface area contributed by atoms with E-state index in [1.165, 1.54) is 11.8 Å². The summed E-state index contributed by atoms with van der Waals surface area (Å²) in [4.78, 5) is 17.6. The van der Waals surface area contributed by atoms with Crippen LogP contribution in [0.3, 0.4) is 0 Å². The number of nitrogens with zero attached hydrogens (tertiary/aromatic N) is 4. The van der Waals surface area contributed by atoms with Crippen molar-refractivity contribution < 1.29 is 0 Å². The molecule has 0 aliphatic rings. The van der Waals surface area contributed by atoms with Gasteiger partial charge in [-0.2, -0.15) is 0 Å². The van der Waals surface area contributed by atoms with Gasteiger partial charge in [0.2, 0.25) is 0 Å². The topological polar surface area (TPSA) is 51.6 Å². The fourth-order valence-corrected chi connectivity index (χ4v) is 4.84. The maximum absolute atomic E-state index is 4.53. The zero-order chi connectivity index (χ0) is 13.9. The Morgan fingerprint density at radius 2 is 1.55 bits per heavy atom. The zero-order valence-corrected chi connectivity index (χ0v) is 14.0. The van der Waals surface area contributed by atoms with Crippen molar-refractivity contribution in [3.05, 3.63) is 34.4 Å². The van der Waals surface area contributed by atoms with Crippen LogP contribution in [0.2, 0.25) is 0 Å². The van der Waals surface area contributed by atoms with E-state index in [0.717, 1.165) is 30.2 Å². The van der Waals surface area contributed by atoms with Gasteiger partial charge in [0.25, 0.3) is 0 Å². The predicted octanol–water partition coefficient (Wildman–Crippen LogP) is 4.31. The van der Waals surface area contributed by atoms with Crippen LogP contribution in [0.25, 0.3) is 0 Å². The monoisotopic (exact) mass is 338 g/mol. The Labute approximate surface area is 133 Å². The molecule has 0 saturated heterocycles. The van der Waals surface area contributed by atoms with E-state index in [1.807, 2.05) is 30.7 Å². The first-order chi connectivity index (χ1) is 9.69. The summed E-state index contributed by atoms with van der Waals surface area (Å²) in [5.74, 6) is 0. The van der Waals surface area contributed by atoms with Crippen molar-refractivity contribution in [2.75, 3.05) is 0 Å². The second kappa shape index (κ2) is 6.21. The summed E-state index contributed by atoms with van der Waals surface area (Å²) < 4.78 is 1.97. The third-order valence-corrected chi connectivity index (χ3v) is 6.10. The molecule has 0 aliphatic carbocycles. The lowest BCUT2D eigenvalue weighted by molar-refractivity contribution is 0.889. The third kappa shape index (κ3) is 3.57. The number of hydrogen-bond acceptors (Lipinski definition) is 8. The van der Waals surface area contributed by atoms with Crippen LogP contribution in [0.4, 0.5) is 0 Å².